The molecule has 12 aromatic carbocycles. The third kappa shape index (κ3) is 4.79. The summed E-state index contributed by atoms with van der Waals surface area (Å²) in [4.78, 5) is 0. The van der Waals surface area contributed by atoms with E-state index in [2.05, 4.69) is 0 Å². The van der Waals surface area contributed by atoms with E-state index in [0.29, 0.717) is 0 Å². The summed E-state index contributed by atoms with van der Waals surface area (Å²) in [5, 5.41) is -4.20. The lowest BCUT2D eigenvalue weighted by molar-refractivity contribution is 1.56. The molecule has 258 valence electrons. The molecule has 0 unspecified atom stereocenters. The maximum Gasteiger partial charge on any atom is 0.0636 e. The Labute approximate surface area is 370 Å². The lowest BCUT2D eigenvalue weighted by Crippen LogP contribution is -1.89. The fourth-order valence-corrected chi connectivity index (χ4v) is 6.98. The molecule has 56 heavy (non-hydrogen) atoms. The van der Waals surface area contributed by atoms with Gasteiger partial charge >= 0.3 is 0 Å². The van der Waals surface area contributed by atoms with E-state index in [1.54, 1.807) is 0 Å². The summed E-state index contributed by atoms with van der Waals surface area (Å²) in [5.74, 6) is 0. The molecule has 0 saturated heterocycles. The molecule has 0 aliphatic heterocycles. The zero-order valence-electron chi connectivity index (χ0n) is 60.2. The second-order valence-electron chi connectivity index (χ2n) is 12.7. The van der Waals surface area contributed by atoms with Crippen molar-refractivity contribution in [2.24, 2.45) is 0 Å². The van der Waals surface area contributed by atoms with E-state index in [-0.39, 0.29) is 43.1 Å². The molecule has 0 heteroatoms. The van der Waals surface area contributed by atoms with E-state index in [1.165, 1.54) is 0 Å². The van der Waals surface area contributed by atoms with E-state index in [1.807, 2.05) is 0 Å². The average Bonchev–Trinajstić information content (AvgIpc) is 0.701. The smallest absolute Gasteiger partial charge is 0.0622 e. The zero-order chi connectivity index (χ0) is 64.6. The molecule has 0 radical (unpaired) electrons. The first kappa shape index (κ1) is 13.2. The summed E-state index contributed by atoms with van der Waals surface area (Å²) in [5.41, 5.74) is -7.67. The number of rotatable bonds is 5. The minimum absolute atomic E-state index is 0.225. The Hall–Kier alpha value is -7.28. The quantitative estimate of drug-likeness (QED) is 0.154. The van der Waals surface area contributed by atoms with Gasteiger partial charge in [0.1, 0.15) is 0 Å². The van der Waals surface area contributed by atoms with Crippen molar-refractivity contribution in [2.45, 2.75) is 0 Å². The first-order valence-electron chi connectivity index (χ1n) is 32.9. The van der Waals surface area contributed by atoms with Crippen LogP contribution in [-0.2, 0) is 0 Å². The number of benzene rings is 12. The van der Waals surface area contributed by atoms with Gasteiger partial charge < -0.3 is 0 Å². The Balaban J connectivity index is 1.19. The van der Waals surface area contributed by atoms with Crippen LogP contribution in [0.4, 0.5) is 0 Å². The number of hydrogen-bond donors (Lipinski definition) is 0. The molecule has 12 aromatic rings. The van der Waals surface area contributed by atoms with Crippen LogP contribution in [0, 0.1) is 0 Å². The molecule has 0 atom stereocenters. The molecule has 0 amide bonds. The van der Waals surface area contributed by atoms with Gasteiger partial charge in [0.15, 0.2) is 0 Å². The van der Waals surface area contributed by atoms with Gasteiger partial charge in [-0.2, -0.15) is 0 Å². The van der Waals surface area contributed by atoms with Crippen LogP contribution in [0.25, 0.3) is 120 Å². The van der Waals surface area contributed by atoms with Crippen LogP contribution in [0.15, 0.2) is 205 Å². The van der Waals surface area contributed by atoms with Crippen LogP contribution in [0.3, 0.4) is 0 Å². The Bertz CT molecular complexity index is 5230. The molecule has 0 bridgehead atoms. The fraction of sp³-hybridized carbons (Fsp3) is 0. The molecule has 0 spiro atoms. The van der Waals surface area contributed by atoms with Crippen LogP contribution >= 0.6 is 0 Å². The monoisotopic (exact) mass is 738 g/mol. The van der Waals surface area contributed by atoms with Crippen LogP contribution in [0.1, 0.15) is 43.9 Å². The van der Waals surface area contributed by atoms with Gasteiger partial charge in [0.25, 0.3) is 0 Å². The zero-order valence-corrected chi connectivity index (χ0v) is 28.2. The van der Waals surface area contributed by atoms with Gasteiger partial charge in [-0.1, -0.05) is 187 Å². The molecule has 0 saturated carbocycles. The summed E-state index contributed by atoms with van der Waals surface area (Å²) < 4.78 is 292. The van der Waals surface area contributed by atoms with E-state index in [0.717, 1.165) is 12.1 Å². The highest BCUT2D eigenvalue weighted by Crippen LogP contribution is 2.42. The van der Waals surface area contributed by atoms with E-state index < -0.39 is 271 Å². The van der Waals surface area contributed by atoms with E-state index in [4.69, 9.17) is 24.7 Å². The highest BCUT2D eigenvalue weighted by atomic mass is 14.2. The molecule has 0 N–H and O–H groups in total. The summed E-state index contributed by atoms with van der Waals surface area (Å²) in [6, 6.07) is -25.8. The van der Waals surface area contributed by atoms with Crippen molar-refractivity contribution in [2.75, 3.05) is 0 Å². The second-order valence-corrected chi connectivity index (χ2v) is 12.7. The maximum absolute atomic E-state index is 9.86. The molecule has 0 fully saturated rings. The molecular formula is C56H34. The summed E-state index contributed by atoms with van der Waals surface area (Å²) in [6.07, 6.45) is 0. The Morgan fingerprint density at radius 2 is 0.661 bits per heavy atom. The largest absolute Gasteiger partial charge is 0.0636 e. The van der Waals surface area contributed by atoms with Crippen molar-refractivity contribution in [3.8, 4) is 55.6 Å². The first-order valence-corrected chi connectivity index (χ1v) is 16.9. The summed E-state index contributed by atoms with van der Waals surface area (Å²) in [6.45, 7) is 0. The fourth-order valence-electron chi connectivity index (χ4n) is 6.98. The number of hydrogen-bond acceptors (Lipinski definition) is 0. The maximum atomic E-state index is 9.86. The topological polar surface area (TPSA) is 0 Å². The molecule has 0 aliphatic carbocycles. The molecule has 12 rings (SSSR count). The van der Waals surface area contributed by atoms with Crippen molar-refractivity contribution in [3.63, 3.8) is 0 Å². The third-order valence-electron chi connectivity index (χ3n) is 9.54. The van der Waals surface area contributed by atoms with E-state index >= 15 is 0 Å². The van der Waals surface area contributed by atoms with Gasteiger partial charge in [-0.15, -0.1) is 0 Å². The van der Waals surface area contributed by atoms with Crippen LogP contribution in [0.5, 0.6) is 0 Å². The van der Waals surface area contributed by atoms with Gasteiger partial charge in [0, 0.05) is 0 Å². The van der Waals surface area contributed by atoms with Gasteiger partial charge in [-0.3, -0.25) is 0 Å². The van der Waals surface area contributed by atoms with Crippen molar-refractivity contribution >= 4 is 64.6 Å². The minimum atomic E-state index is -1.10. The average molecular weight is 739 g/mol. The van der Waals surface area contributed by atoms with Gasteiger partial charge in [-0.05, 0) is 138 Å². The van der Waals surface area contributed by atoms with Crippen molar-refractivity contribution in [1.82, 2.24) is 0 Å². The normalized spacial score (nSPS) is 19.9. The summed E-state index contributed by atoms with van der Waals surface area (Å²) in [7, 11) is 0. The van der Waals surface area contributed by atoms with Gasteiger partial charge in [0.05, 0.1) is 43.9 Å². The van der Waals surface area contributed by atoms with E-state index in [9.17, 15) is 19.2 Å². The molecule has 0 aromatic heterocycles. The van der Waals surface area contributed by atoms with Crippen molar-refractivity contribution in [1.29, 1.82) is 0 Å². The molecular weight excluding hydrogens is 673 g/mol. The Morgan fingerprint density at radius 3 is 1.27 bits per heavy atom. The van der Waals surface area contributed by atoms with Gasteiger partial charge in [0.2, 0.25) is 0 Å². The lowest BCUT2D eigenvalue weighted by Gasteiger charge is -2.15. The highest BCUT2D eigenvalue weighted by Gasteiger charge is 2.15. The predicted molar refractivity (Wildman–Crippen MR) is 241 cm³/mol. The van der Waals surface area contributed by atoms with Crippen molar-refractivity contribution < 1.29 is 43.9 Å². The predicted octanol–water partition coefficient (Wildman–Crippen LogP) is 15.8. The van der Waals surface area contributed by atoms with Crippen molar-refractivity contribution in [3.05, 3.63) is 205 Å². The summed E-state index contributed by atoms with van der Waals surface area (Å²) >= 11 is 0. The highest BCUT2D eigenvalue weighted by molar-refractivity contribution is 6.26. The SMILES string of the molecule is [2H]c1cc(-c2c([2H])c(-c3c([2H])c([2H])c([2H])c([2H])c3[2H])c([2H])c(-c3c([2H])c([2H])c(-c4cc([2H])c5c([2H])c([2H])c6c([2H])c([2H])c([2H])c7c([2H])c([2H])c4c5c67)c([2H])c3[2H])c2[2H])c([2H])c([2H])c1-c1c([2H])c([2H])c2c([2H])c([2H])c3c([2H])c([2H])c([2H])c4c([2H])c([2H])c1c2c34. The minimum Gasteiger partial charge on any atom is -0.0622 e. The second kappa shape index (κ2) is 12.1. The lowest BCUT2D eigenvalue weighted by atomic mass is 9.88. The Kier molecular flexibility index (Phi) is 2.85. The molecule has 0 aliphatic rings. The molecule has 0 nitrogen and oxygen atoms in total. The van der Waals surface area contributed by atoms with Gasteiger partial charge in [-0.25, -0.2) is 0 Å². The van der Waals surface area contributed by atoms with Crippen LogP contribution in [0.2, 0.25) is 0 Å². The standard InChI is InChI=1S/C56H34/c1-2-6-35(7-3-1)46-32-47(36-12-16-38(17-13-36)49-28-24-44-22-20-40-8-4-10-42-26-30-51(49)55(44)53(40)42)34-48(33-46)37-14-18-39(19-15-37)50-29-25-45-23-21-41-9-5-11-43-27-31-52(50)56(45)54(41)43/h1-34H/i1D,2D,3D,4D,5D,6D,7D,8D,9D,10D,11D,12D,13D,14D,16D,17D,18D,19D,20D,21D,22D,23D,24D,25D,26D,27D,29D,30D,31D,32D,33D,34D. The molecule has 0 heterocycles. The Morgan fingerprint density at radius 1 is 0.232 bits per heavy atom. The first-order chi connectivity index (χ1) is 41.1. The van der Waals surface area contributed by atoms with Crippen LogP contribution < -0.4 is 0 Å². The third-order valence-corrected chi connectivity index (χ3v) is 9.54. The van der Waals surface area contributed by atoms with Crippen LogP contribution in [-0.4, -0.2) is 0 Å².